The van der Waals surface area contributed by atoms with E-state index in [0.717, 1.165) is 0 Å². The number of ketones is 3. The van der Waals surface area contributed by atoms with Crippen molar-refractivity contribution in [2.75, 3.05) is 48.5 Å². The molecule has 1 aliphatic carbocycles. The molecule has 10 atom stereocenters. The standard InChI is InChI=1S/C67H106N8O14S/c1-40(2)49(37-53(77)58(42(5)6)73(13)14)63(82)74(15)59(43(7)8)55(87-16)38-56(79)75-34-22-26-51(75)60(88-17)44(9)52(76)36-46(35-45-23-19-18-20-24-45)61(80)72-90(85,86)48-29-27-47(28-30-48)67(31-32-67)39-54(78)50(25-21-33-69-64(68)83)70-62(81)57(41(3)4)71-65(84)89-66(10,11)12/h18-20,23-24,27-30,40-44,46,49-51,55,57-60H,21-22,25-26,31-39H2,1-17H3,(H,70,81)(H,71,84)(H,72,80)(H3,68,69,83)/t44-,46+,49-,50-,51-,55+,57-,58-,59-,60+/m0/s1. The Kier molecular flexibility index (Phi) is 28.6. The lowest BCUT2D eigenvalue weighted by atomic mass is 9.84. The molecule has 0 bridgehead atoms. The minimum atomic E-state index is -4.52. The van der Waals surface area contributed by atoms with Gasteiger partial charge in [0, 0.05) is 76.8 Å². The molecule has 7 amide bonds. The largest absolute Gasteiger partial charge is 0.444 e. The third-order valence-electron chi connectivity index (χ3n) is 17.7. The lowest BCUT2D eigenvalue weighted by molar-refractivity contribution is -0.149. The van der Waals surface area contributed by atoms with Crippen molar-refractivity contribution in [1.82, 2.24) is 35.4 Å². The molecule has 6 N–H and O–H groups in total. The van der Waals surface area contributed by atoms with E-state index < -0.39 is 99.1 Å². The predicted molar refractivity (Wildman–Crippen MR) is 344 cm³/mol. The molecule has 0 aromatic heterocycles. The van der Waals surface area contributed by atoms with Gasteiger partial charge in [-0.05, 0) is 127 Å². The number of ether oxygens (including phenoxy) is 3. The van der Waals surface area contributed by atoms with Gasteiger partial charge in [0.1, 0.15) is 17.4 Å². The number of urea groups is 1. The summed E-state index contributed by atoms with van der Waals surface area (Å²) >= 11 is 0. The Balaban J connectivity index is 1.51. The molecule has 4 rings (SSSR count). The van der Waals surface area contributed by atoms with Crippen LogP contribution in [0.4, 0.5) is 9.59 Å². The van der Waals surface area contributed by atoms with Gasteiger partial charge in [-0.25, -0.2) is 22.7 Å². The summed E-state index contributed by atoms with van der Waals surface area (Å²) in [7, 11) is 3.90. The third-order valence-corrected chi connectivity index (χ3v) is 19.0. The molecule has 1 heterocycles. The van der Waals surface area contributed by atoms with Crippen molar-refractivity contribution in [3.8, 4) is 0 Å². The number of primary amides is 1. The van der Waals surface area contributed by atoms with E-state index in [9.17, 15) is 51.6 Å². The number of alkyl carbamates (subject to hydrolysis) is 1. The van der Waals surface area contributed by atoms with Crippen LogP contribution >= 0.6 is 0 Å². The fraction of sp³-hybridized carbons (Fsp3) is 0.687. The summed E-state index contributed by atoms with van der Waals surface area (Å²) in [5, 5.41) is 7.92. The Bertz CT molecular complexity index is 2860. The molecule has 504 valence electrons. The zero-order valence-corrected chi connectivity index (χ0v) is 57.3. The molecule has 1 aliphatic heterocycles. The Morgan fingerprint density at radius 1 is 0.744 bits per heavy atom. The van der Waals surface area contributed by atoms with E-state index in [0.29, 0.717) is 43.4 Å². The molecular weight excluding hydrogens is 1170 g/mol. The van der Waals surface area contributed by atoms with Crippen LogP contribution in [0.2, 0.25) is 0 Å². The minimum absolute atomic E-state index is 0.00695. The van der Waals surface area contributed by atoms with Crippen molar-refractivity contribution in [3.63, 3.8) is 0 Å². The monoisotopic (exact) mass is 1280 g/mol. The summed E-state index contributed by atoms with van der Waals surface area (Å²) < 4.78 is 48.0. The molecule has 22 nitrogen and oxygen atoms in total. The van der Waals surface area contributed by atoms with Gasteiger partial charge in [0.05, 0.1) is 47.7 Å². The molecule has 23 heteroatoms. The van der Waals surface area contributed by atoms with Crippen LogP contribution in [-0.2, 0) is 69.6 Å². The zero-order chi connectivity index (χ0) is 67.7. The number of nitrogens with zero attached hydrogens (tertiary/aromatic N) is 3. The molecule has 0 spiro atoms. The van der Waals surface area contributed by atoms with Gasteiger partial charge in [-0.2, -0.15) is 0 Å². The quantitative estimate of drug-likeness (QED) is 0.0424. The van der Waals surface area contributed by atoms with Crippen LogP contribution in [0, 0.1) is 41.4 Å². The topological polar surface area (TPSA) is 299 Å². The first-order chi connectivity index (χ1) is 42.0. The van der Waals surface area contributed by atoms with Crippen molar-refractivity contribution < 1.29 is 65.8 Å². The van der Waals surface area contributed by atoms with Crippen LogP contribution in [0.25, 0.3) is 0 Å². The fourth-order valence-corrected chi connectivity index (χ4v) is 13.8. The highest BCUT2D eigenvalue weighted by atomic mass is 32.2. The molecule has 90 heavy (non-hydrogen) atoms. The number of likely N-dealkylation sites (tertiary alicyclic amines) is 1. The Hall–Kier alpha value is -6.30. The van der Waals surface area contributed by atoms with Gasteiger partial charge >= 0.3 is 12.1 Å². The lowest BCUT2D eigenvalue weighted by Crippen LogP contribution is -2.54. The first kappa shape index (κ1) is 76.2. The average Bonchev–Trinajstić information content (AvgIpc) is 1.71. The number of carbonyl (C=O) groups excluding carboxylic acids is 9. The van der Waals surface area contributed by atoms with E-state index >= 15 is 0 Å². The Morgan fingerprint density at radius 2 is 1.37 bits per heavy atom. The van der Waals surface area contributed by atoms with Crippen molar-refractivity contribution in [2.24, 2.45) is 47.2 Å². The van der Waals surface area contributed by atoms with Crippen LogP contribution in [-0.4, -0.2) is 173 Å². The zero-order valence-electron chi connectivity index (χ0n) is 56.5. The second kappa shape index (κ2) is 33.9. The van der Waals surface area contributed by atoms with E-state index in [-0.39, 0.29) is 115 Å². The van der Waals surface area contributed by atoms with Gasteiger partial charge in [-0.15, -0.1) is 0 Å². The molecule has 2 aromatic rings. The summed E-state index contributed by atoms with van der Waals surface area (Å²) in [5.41, 5.74) is 5.12. The van der Waals surface area contributed by atoms with Crippen LogP contribution in [0.15, 0.2) is 59.5 Å². The Morgan fingerprint density at radius 3 is 1.88 bits per heavy atom. The molecule has 2 aliphatic rings. The van der Waals surface area contributed by atoms with Gasteiger partial charge in [0.2, 0.25) is 23.6 Å². The van der Waals surface area contributed by atoms with Crippen molar-refractivity contribution >= 4 is 63.1 Å². The number of carbonyl (C=O) groups is 9. The molecule has 1 saturated heterocycles. The molecule has 0 unspecified atom stereocenters. The number of hydrogen-bond donors (Lipinski definition) is 5. The van der Waals surface area contributed by atoms with Crippen molar-refractivity contribution in [2.45, 2.75) is 212 Å². The summed E-state index contributed by atoms with van der Waals surface area (Å²) in [6.07, 6.45) is 0.0768. The van der Waals surface area contributed by atoms with Gasteiger partial charge in [-0.1, -0.05) is 105 Å². The van der Waals surface area contributed by atoms with Crippen LogP contribution in [0.5, 0.6) is 0 Å². The molecular formula is C67H106N8O14S. The summed E-state index contributed by atoms with van der Waals surface area (Å²) in [6, 6.07) is 10.6. The lowest BCUT2D eigenvalue weighted by Gasteiger charge is -2.40. The highest BCUT2D eigenvalue weighted by Crippen LogP contribution is 2.51. The van der Waals surface area contributed by atoms with Crippen LogP contribution in [0.3, 0.4) is 0 Å². The number of amides is 7. The summed E-state index contributed by atoms with van der Waals surface area (Å²) in [6.45, 7) is 22.5. The van der Waals surface area contributed by atoms with E-state index in [4.69, 9.17) is 19.9 Å². The second-order valence-electron chi connectivity index (χ2n) is 27.5. The highest BCUT2D eigenvalue weighted by molar-refractivity contribution is 7.90. The Labute approximate surface area is 535 Å². The molecule has 2 fully saturated rings. The number of nitrogens with one attached hydrogen (secondary N) is 4. The number of benzene rings is 2. The van der Waals surface area contributed by atoms with E-state index in [1.807, 2.05) is 60.5 Å². The number of likely N-dealkylation sites (N-methyl/N-ethyl adjacent to an activating group) is 2. The van der Waals surface area contributed by atoms with Gasteiger partial charge in [0.15, 0.2) is 11.6 Å². The highest BCUT2D eigenvalue weighted by Gasteiger charge is 2.48. The van der Waals surface area contributed by atoms with E-state index in [2.05, 4.69) is 20.7 Å². The summed E-state index contributed by atoms with van der Waals surface area (Å²) in [5.74, 6) is -5.84. The molecule has 1 saturated carbocycles. The SMILES string of the molecule is CO[C@H]([C@@H](C)C(=O)C[C@@H](Cc1ccccc1)C(=O)NS(=O)(=O)c1ccc(C2(CC(=O)[C@H](CCCNC(N)=O)NC(=O)[C@@H](NC(=O)OC(C)(C)C)C(C)C)CC2)cc1)[C@@H]1CCCN1C(=O)C[C@@H](OC)[C@H](C(C)C)N(C)C(=O)[C@@H](CC(=O)[C@H](C(C)C)N(C)C)C(C)C. The van der Waals surface area contributed by atoms with E-state index in [1.165, 1.54) is 26.4 Å². The second-order valence-corrected chi connectivity index (χ2v) is 29.1. The molecule has 0 radical (unpaired) electrons. The van der Waals surface area contributed by atoms with E-state index in [1.54, 1.807) is 101 Å². The number of nitrogens with two attached hydrogens (primary N) is 1. The maximum absolute atomic E-state index is 14.6. The van der Waals surface area contributed by atoms with Crippen molar-refractivity contribution in [1.29, 1.82) is 0 Å². The van der Waals surface area contributed by atoms with Gasteiger partial charge in [-0.3, -0.25) is 38.5 Å². The average molecular weight is 1280 g/mol. The minimum Gasteiger partial charge on any atom is -0.444 e. The molecule has 2 aromatic carbocycles. The third kappa shape index (κ3) is 21.7. The maximum Gasteiger partial charge on any atom is 0.408 e. The van der Waals surface area contributed by atoms with Crippen molar-refractivity contribution in [3.05, 3.63) is 65.7 Å². The fourth-order valence-electron chi connectivity index (χ4n) is 12.8. The predicted octanol–water partition coefficient (Wildman–Crippen LogP) is 7.13. The first-order valence-electron chi connectivity index (χ1n) is 31.9. The summed E-state index contributed by atoms with van der Waals surface area (Å²) in [4.78, 5) is 129. The smallest absolute Gasteiger partial charge is 0.408 e. The number of rotatable bonds is 36. The maximum atomic E-state index is 14.6. The number of Topliss-reactive ketones (excluding diaryl/α,β-unsaturated/α-hetero) is 3. The van der Waals surface area contributed by atoms with Gasteiger partial charge in [0.25, 0.3) is 10.0 Å². The first-order valence-corrected chi connectivity index (χ1v) is 33.4. The number of methoxy groups -OCH3 is 2. The van der Waals surface area contributed by atoms with Crippen LogP contribution < -0.4 is 26.4 Å². The number of hydrogen-bond acceptors (Lipinski definition) is 15. The normalized spacial score (nSPS) is 18.0. The van der Waals surface area contributed by atoms with Crippen LogP contribution in [0.1, 0.15) is 158 Å². The number of sulfonamides is 1. The van der Waals surface area contributed by atoms with Gasteiger partial charge < -0.3 is 45.7 Å².